The Morgan fingerprint density at radius 2 is 2.10 bits per heavy atom. The molecule has 1 unspecified atom stereocenters. The molecule has 0 spiro atoms. The zero-order chi connectivity index (χ0) is 20.5. The van der Waals surface area contributed by atoms with Crippen molar-refractivity contribution in [3.63, 3.8) is 0 Å². The number of halogens is 2. The summed E-state index contributed by atoms with van der Waals surface area (Å²) in [5.41, 5.74) is 1.56. The fourth-order valence-corrected chi connectivity index (χ4v) is 3.48. The van der Waals surface area contributed by atoms with Crippen LogP contribution in [0.15, 0.2) is 24.4 Å². The van der Waals surface area contributed by atoms with E-state index in [4.69, 9.17) is 4.74 Å². The number of nitrogens with one attached hydrogen (secondary N) is 2. The summed E-state index contributed by atoms with van der Waals surface area (Å²) in [5, 5.41) is 5.60. The summed E-state index contributed by atoms with van der Waals surface area (Å²) in [4.78, 5) is 20.7. The first-order chi connectivity index (χ1) is 14.0. The number of benzene rings is 1. The van der Waals surface area contributed by atoms with Crippen LogP contribution in [0, 0.1) is 18.6 Å². The van der Waals surface area contributed by atoms with Gasteiger partial charge in [0.1, 0.15) is 23.0 Å². The average Bonchev–Trinajstić information content (AvgIpc) is 3.04. The lowest BCUT2D eigenvalue weighted by molar-refractivity contribution is 0.0190. The summed E-state index contributed by atoms with van der Waals surface area (Å²) in [6.45, 7) is 4.15. The van der Waals surface area contributed by atoms with Gasteiger partial charge in [-0.15, -0.1) is 0 Å². The van der Waals surface area contributed by atoms with Gasteiger partial charge in [0.15, 0.2) is 5.65 Å². The van der Waals surface area contributed by atoms with Crippen LogP contribution in [0.25, 0.3) is 22.6 Å². The van der Waals surface area contributed by atoms with Crippen molar-refractivity contribution < 1.29 is 18.3 Å². The van der Waals surface area contributed by atoms with Crippen LogP contribution in [0.3, 0.4) is 0 Å². The molecule has 152 valence electrons. The van der Waals surface area contributed by atoms with Crippen molar-refractivity contribution >= 4 is 17.1 Å². The number of pyridine rings is 1. The maximum atomic E-state index is 14.9. The number of nitrogens with zero attached hydrogens (tertiary/aromatic N) is 3. The Balaban J connectivity index is 1.86. The lowest BCUT2D eigenvalue weighted by Crippen LogP contribution is -2.40. The second-order valence-corrected chi connectivity index (χ2v) is 6.99. The van der Waals surface area contributed by atoms with Gasteiger partial charge in [-0.05, 0) is 30.7 Å². The molecule has 9 heteroatoms. The van der Waals surface area contributed by atoms with E-state index in [2.05, 4.69) is 20.6 Å². The van der Waals surface area contributed by atoms with Crippen molar-refractivity contribution in [1.29, 1.82) is 0 Å². The number of morpholine rings is 1. The van der Waals surface area contributed by atoms with Crippen LogP contribution in [0.2, 0.25) is 0 Å². The monoisotopic (exact) mass is 401 g/mol. The predicted molar refractivity (Wildman–Crippen MR) is 104 cm³/mol. The van der Waals surface area contributed by atoms with Gasteiger partial charge in [-0.1, -0.05) is 0 Å². The van der Waals surface area contributed by atoms with E-state index in [1.807, 2.05) is 13.0 Å². The highest BCUT2D eigenvalue weighted by molar-refractivity contribution is 5.94. The Labute approximate surface area is 166 Å². The molecule has 3 heterocycles. The van der Waals surface area contributed by atoms with Gasteiger partial charge in [-0.2, -0.15) is 0 Å². The van der Waals surface area contributed by atoms with E-state index in [0.717, 1.165) is 24.2 Å². The van der Waals surface area contributed by atoms with E-state index in [1.165, 1.54) is 7.05 Å². The molecule has 7 nitrogen and oxygen atoms in total. The lowest BCUT2D eigenvalue weighted by atomic mass is 10.1. The number of amides is 1. The summed E-state index contributed by atoms with van der Waals surface area (Å²) < 4.78 is 37.3. The fraction of sp³-hybridized carbons (Fsp3) is 0.350. The maximum Gasteiger partial charge on any atom is 0.251 e. The van der Waals surface area contributed by atoms with Crippen molar-refractivity contribution in [1.82, 2.24) is 25.2 Å². The second kappa shape index (κ2) is 7.84. The van der Waals surface area contributed by atoms with Gasteiger partial charge >= 0.3 is 0 Å². The van der Waals surface area contributed by atoms with E-state index in [9.17, 15) is 13.6 Å². The van der Waals surface area contributed by atoms with E-state index >= 15 is 0 Å². The number of imidazole rings is 1. The summed E-state index contributed by atoms with van der Waals surface area (Å²) in [7, 11) is 1.40. The minimum Gasteiger partial charge on any atom is -0.374 e. The van der Waals surface area contributed by atoms with Gasteiger partial charge < -0.3 is 19.9 Å². The Bertz CT molecular complexity index is 1050. The highest BCUT2D eigenvalue weighted by Gasteiger charge is 2.25. The molecule has 1 saturated heterocycles. The van der Waals surface area contributed by atoms with Crippen molar-refractivity contribution in [2.75, 3.05) is 26.7 Å². The number of carbonyl (C=O) groups is 1. The molecule has 0 saturated carbocycles. The minimum atomic E-state index is -0.862. The molecule has 1 amide bonds. The number of aryl methyl sites for hydroxylation is 1. The normalized spacial score (nSPS) is 16.9. The summed E-state index contributed by atoms with van der Waals surface area (Å²) in [5.74, 6) is -2.17. The third-order valence-electron chi connectivity index (χ3n) is 4.87. The molecule has 4 rings (SSSR count). The van der Waals surface area contributed by atoms with Gasteiger partial charge in [0.05, 0.1) is 24.8 Å². The number of hydrogen-bond donors (Lipinski definition) is 2. The van der Waals surface area contributed by atoms with Crippen LogP contribution in [0.1, 0.15) is 15.9 Å². The molecular formula is C20H21F2N5O2. The molecule has 2 aromatic heterocycles. The standard InChI is InChI=1S/C20H21F2N5O2/c1-11-5-16-18(25-8-11)27(10-13-9-24-3-4-29-13)19(26-16)17-14(21)6-12(7-15(17)22)20(28)23-2/h5-8,13,24H,3-4,9-10H2,1-2H3,(H,23,28). The van der Waals surface area contributed by atoms with Crippen LogP contribution in [-0.2, 0) is 11.3 Å². The van der Waals surface area contributed by atoms with Crippen LogP contribution in [-0.4, -0.2) is 53.3 Å². The van der Waals surface area contributed by atoms with Crippen LogP contribution in [0.4, 0.5) is 8.78 Å². The topological polar surface area (TPSA) is 81.1 Å². The molecule has 0 aliphatic carbocycles. The van der Waals surface area contributed by atoms with Gasteiger partial charge in [0.25, 0.3) is 5.91 Å². The summed E-state index contributed by atoms with van der Waals surface area (Å²) >= 11 is 0. The molecule has 3 aromatic rings. The van der Waals surface area contributed by atoms with Crippen LogP contribution < -0.4 is 10.6 Å². The zero-order valence-corrected chi connectivity index (χ0v) is 16.1. The van der Waals surface area contributed by atoms with Gasteiger partial charge in [-0.3, -0.25) is 4.79 Å². The highest BCUT2D eigenvalue weighted by atomic mass is 19.1. The SMILES string of the molecule is CNC(=O)c1cc(F)c(-c2nc3cc(C)cnc3n2CC2CNCCO2)c(F)c1. The summed E-state index contributed by atoms with van der Waals surface area (Å²) in [6.07, 6.45) is 1.50. The fourth-order valence-electron chi connectivity index (χ4n) is 3.48. The third-order valence-corrected chi connectivity index (χ3v) is 4.87. The van der Waals surface area contributed by atoms with Crippen LogP contribution >= 0.6 is 0 Å². The smallest absolute Gasteiger partial charge is 0.251 e. The Morgan fingerprint density at radius 3 is 2.76 bits per heavy atom. The minimum absolute atomic E-state index is 0.0947. The molecule has 29 heavy (non-hydrogen) atoms. The lowest BCUT2D eigenvalue weighted by Gasteiger charge is -2.24. The molecule has 0 bridgehead atoms. The highest BCUT2D eigenvalue weighted by Crippen LogP contribution is 2.30. The van der Waals surface area contributed by atoms with Crippen LogP contribution in [0.5, 0.6) is 0 Å². The molecule has 2 N–H and O–H groups in total. The van der Waals surface area contributed by atoms with Crippen molar-refractivity contribution in [2.24, 2.45) is 0 Å². The first-order valence-electron chi connectivity index (χ1n) is 9.34. The third kappa shape index (κ3) is 3.70. The second-order valence-electron chi connectivity index (χ2n) is 6.99. The molecule has 1 atom stereocenters. The number of rotatable bonds is 4. The Morgan fingerprint density at radius 1 is 1.34 bits per heavy atom. The van der Waals surface area contributed by atoms with E-state index in [-0.39, 0.29) is 23.1 Å². The number of carbonyl (C=O) groups excluding carboxylic acids is 1. The molecule has 1 aromatic carbocycles. The maximum absolute atomic E-state index is 14.9. The van der Waals surface area contributed by atoms with Crippen molar-refractivity contribution in [3.8, 4) is 11.4 Å². The van der Waals surface area contributed by atoms with Gasteiger partial charge in [0, 0.05) is 31.9 Å². The molecule has 1 fully saturated rings. The van der Waals surface area contributed by atoms with Gasteiger partial charge in [-0.25, -0.2) is 18.7 Å². The van der Waals surface area contributed by atoms with E-state index in [0.29, 0.717) is 30.9 Å². The first kappa shape index (κ1) is 19.4. The number of aromatic nitrogens is 3. The molecule has 0 radical (unpaired) electrons. The van der Waals surface area contributed by atoms with Crippen molar-refractivity contribution in [2.45, 2.75) is 19.6 Å². The number of hydrogen-bond acceptors (Lipinski definition) is 5. The van der Waals surface area contributed by atoms with Gasteiger partial charge in [0.2, 0.25) is 0 Å². The summed E-state index contributed by atoms with van der Waals surface area (Å²) in [6, 6.07) is 3.84. The molecular weight excluding hydrogens is 380 g/mol. The largest absolute Gasteiger partial charge is 0.374 e. The number of fused-ring (bicyclic) bond motifs is 1. The Hall–Kier alpha value is -2.91. The molecule has 1 aliphatic heterocycles. The first-order valence-corrected chi connectivity index (χ1v) is 9.34. The Kier molecular flexibility index (Phi) is 5.25. The average molecular weight is 401 g/mol. The quantitative estimate of drug-likeness (QED) is 0.699. The van der Waals surface area contributed by atoms with Crippen molar-refractivity contribution in [3.05, 3.63) is 47.2 Å². The van der Waals surface area contributed by atoms with E-state index in [1.54, 1.807) is 10.8 Å². The van der Waals surface area contributed by atoms with E-state index < -0.39 is 17.5 Å². The predicted octanol–water partition coefficient (Wildman–Crippen LogP) is 2.03. The zero-order valence-electron chi connectivity index (χ0n) is 16.1. The number of ether oxygens (including phenoxy) is 1. The molecule has 1 aliphatic rings.